The minimum atomic E-state index is -0.573. The maximum absolute atomic E-state index is 13.2. The number of hydrogen-bond acceptors (Lipinski definition) is 4. The molecule has 2 aliphatic heterocycles. The smallest absolute Gasteiger partial charge is 0.242 e. The molecular weight excluding hydrogens is 338 g/mol. The maximum Gasteiger partial charge on any atom is 0.242 e. The summed E-state index contributed by atoms with van der Waals surface area (Å²) in [6.45, 7) is 5.32. The number of halogens is 2. The van der Waals surface area contributed by atoms with Crippen molar-refractivity contribution in [3.8, 4) is 0 Å². The Bertz CT molecular complexity index is 778. The minimum Gasteiger partial charge on any atom is -0.309 e. The van der Waals surface area contributed by atoms with Gasteiger partial charge in [0.15, 0.2) is 0 Å². The van der Waals surface area contributed by atoms with Gasteiger partial charge in [-0.2, -0.15) is 0 Å². The number of allylic oxidation sites excluding steroid dienone is 3. The number of likely N-dealkylation sites (tertiary alicyclic amines) is 1. The van der Waals surface area contributed by atoms with Gasteiger partial charge in [0, 0.05) is 30.1 Å². The molecular formula is C19H20F2N4O. The van der Waals surface area contributed by atoms with Crippen LogP contribution in [0.5, 0.6) is 0 Å². The first-order chi connectivity index (χ1) is 12.5. The van der Waals surface area contributed by atoms with Gasteiger partial charge < -0.3 is 5.32 Å². The van der Waals surface area contributed by atoms with Crippen molar-refractivity contribution in [3.05, 3.63) is 54.0 Å². The number of carbonyl (C=O) groups excluding carboxylic acids is 1. The summed E-state index contributed by atoms with van der Waals surface area (Å²) in [4.78, 5) is 23.0. The van der Waals surface area contributed by atoms with Crippen LogP contribution in [0.1, 0.15) is 25.3 Å². The summed E-state index contributed by atoms with van der Waals surface area (Å²) in [5, 5.41) is 2.76. The number of aliphatic imine (C=N–C) groups is 1. The third kappa shape index (κ3) is 3.94. The Labute approximate surface area is 150 Å². The molecule has 0 radical (unpaired) electrons. The third-order valence-electron chi connectivity index (χ3n) is 4.48. The quantitative estimate of drug-likeness (QED) is 0.894. The number of amides is 1. The number of nitrogens with zero attached hydrogens (tertiary/aromatic N) is 3. The number of nitrogens with one attached hydrogen (secondary N) is 1. The minimum absolute atomic E-state index is 0.187. The van der Waals surface area contributed by atoms with Gasteiger partial charge in [0.25, 0.3) is 0 Å². The lowest BCUT2D eigenvalue weighted by Gasteiger charge is -2.29. The van der Waals surface area contributed by atoms with Gasteiger partial charge in [-0.1, -0.05) is 12.7 Å². The molecule has 0 spiro atoms. The van der Waals surface area contributed by atoms with Crippen molar-refractivity contribution in [1.82, 2.24) is 9.88 Å². The number of aromatic nitrogens is 1. The van der Waals surface area contributed by atoms with Gasteiger partial charge in [0.1, 0.15) is 23.6 Å². The first-order valence-corrected chi connectivity index (χ1v) is 8.41. The third-order valence-corrected chi connectivity index (χ3v) is 4.48. The Morgan fingerprint density at radius 2 is 2.19 bits per heavy atom. The molecule has 1 aromatic heterocycles. The molecule has 1 saturated heterocycles. The number of pyridine rings is 1. The lowest BCUT2D eigenvalue weighted by atomic mass is 10.1. The van der Waals surface area contributed by atoms with Crippen LogP contribution in [-0.4, -0.2) is 40.8 Å². The normalized spacial score (nSPS) is 24.6. The topological polar surface area (TPSA) is 57.6 Å². The average molecular weight is 358 g/mol. The highest BCUT2D eigenvalue weighted by atomic mass is 19.1. The van der Waals surface area contributed by atoms with Gasteiger partial charge in [-0.3, -0.25) is 14.7 Å². The molecule has 1 N–H and O–H groups in total. The van der Waals surface area contributed by atoms with Crippen LogP contribution >= 0.6 is 0 Å². The number of anilines is 1. The van der Waals surface area contributed by atoms with Crippen LogP contribution in [0.4, 0.5) is 14.6 Å². The van der Waals surface area contributed by atoms with Crippen LogP contribution in [0.25, 0.3) is 5.83 Å². The molecule has 0 aromatic carbocycles. The van der Waals surface area contributed by atoms with Crippen LogP contribution in [0.3, 0.4) is 0 Å². The van der Waals surface area contributed by atoms with E-state index in [0.29, 0.717) is 17.8 Å². The van der Waals surface area contributed by atoms with E-state index < -0.39 is 5.83 Å². The molecule has 1 aromatic rings. The molecule has 2 unspecified atom stereocenters. The summed E-state index contributed by atoms with van der Waals surface area (Å²) in [5.74, 6) is -0.692. The van der Waals surface area contributed by atoms with E-state index in [1.807, 2.05) is 4.90 Å². The molecule has 0 aliphatic carbocycles. The Kier molecular flexibility index (Phi) is 5.37. The molecule has 136 valence electrons. The van der Waals surface area contributed by atoms with E-state index in [1.54, 1.807) is 12.2 Å². The van der Waals surface area contributed by atoms with E-state index in [1.165, 1.54) is 31.5 Å². The zero-order chi connectivity index (χ0) is 18.7. The van der Waals surface area contributed by atoms with E-state index in [0.717, 1.165) is 13.0 Å². The monoisotopic (exact) mass is 358 g/mol. The average Bonchev–Trinajstić information content (AvgIpc) is 3.12. The molecule has 1 fully saturated rings. The fourth-order valence-electron chi connectivity index (χ4n) is 3.06. The Morgan fingerprint density at radius 1 is 1.38 bits per heavy atom. The summed E-state index contributed by atoms with van der Waals surface area (Å²) < 4.78 is 26.3. The lowest BCUT2D eigenvalue weighted by molar-refractivity contribution is -0.120. The van der Waals surface area contributed by atoms with Gasteiger partial charge in [-0.25, -0.2) is 13.8 Å². The number of dihydropyridines is 1. The number of carbonyl (C=O) groups is 1. The molecule has 0 saturated carbocycles. The predicted molar refractivity (Wildman–Crippen MR) is 98.0 cm³/mol. The summed E-state index contributed by atoms with van der Waals surface area (Å²) in [6.07, 6.45) is 7.59. The number of rotatable bonds is 4. The maximum atomic E-state index is 13.2. The van der Waals surface area contributed by atoms with Crippen LogP contribution < -0.4 is 5.32 Å². The first-order valence-electron chi connectivity index (χ1n) is 8.41. The van der Waals surface area contributed by atoms with E-state index in [2.05, 4.69) is 21.9 Å². The molecule has 2 aliphatic rings. The van der Waals surface area contributed by atoms with Crippen molar-refractivity contribution in [1.29, 1.82) is 0 Å². The molecule has 26 heavy (non-hydrogen) atoms. The highest BCUT2D eigenvalue weighted by Crippen LogP contribution is 2.25. The summed E-state index contributed by atoms with van der Waals surface area (Å²) in [6, 6.07) is 2.70. The fraction of sp³-hybridized carbons (Fsp3) is 0.316. The van der Waals surface area contributed by atoms with Crippen molar-refractivity contribution < 1.29 is 13.6 Å². The van der Waals surface area contributed by atoms with Gasteiger partial charge >= 0.3 is 0 Å². The van der Waals surface area contributed by atoms with E-state index in [9.17, 15) is 13.6 Å². The largest absolute Gasteiger partial charge is 0.309 e. The molecule has 3 rings (SSSR count). The highest BCUT2D eigenvalue weighted by molar-refractivity contribution is 5.94. The summed E-state index contributed by atoms with van der Waals surface area (Å²) in [5.41, 5.74) is 0.722. The second-order valence-corrected chi connectivity index (χ2v) is 6.26. The summed E-state index contributed by atoms with van der Waals surface area (Å²) in [7, 11) is 0. The second-order valence-electron chi connectivity index (χ2n) is 6.26. The van der Waals surface area contributed by atoms with Crippen molar-refractivity contribution in [2.75, 3.05) is 11.9 Å². The van der Waals surface area contributed by atoms with Gasteiger partial charge in [0.2, 0.25) is 5.91 Å². The highest BCUT2D eigenvalue weighted by Gasteiger charge is 2.35. The van der Waals surface area contributed by atoms with E-state index in [-0.39, 0.29) is 29.5 Å². The van der Waals surface area contributed by atoms with Crippen LogP contribution in [0.15, 0.2) is 53.5 Å². The lowest BCUT2D eigenvalue weighted by Crippen LogP contribution is -2.44. The van der Waals surface area contributed by atoms with Gasteiger partial charge in [-0.05, 0) is 38.0 Å². The van der Waals surface area contributed by atoms with Crippen molar-refractivity contribution in [3.63, 3.8) is 0 Å². The van der Waals surface area contributed by atoms with Gasteiger partial charge in [0.05, 0.1) is 6.04 Å². The van der Waals surface area contributed by atoms with Crippen LogP contribution in [0, 0.1) is 0 Å². The zero-order valence-corrected chi connectivity index (χ0v) is 14.5. The SMILES string of the molecule is C=C(F)c1ccc(NC(=O)C2CCCN2C2C=C/C(=C(\C)F)C=N2)nc1. The second kappa shape index (κ2) is 7.70. The van der Waals surface area contributed by atoms with Crippen molar-refractivity contribution in [2.24, 2.45) is 4.99 Å². The molecule has 7 heteroatoms. The van der Waals surface area contributed by atoms with E-state index >= 15 is 0 Å². The Morgan fingerprint density at radius 3 is 2.77 bits per heavy atom. The molecule has 5 nitrogen and oxygen atoms in total. The fourth-order valence-corrected chi connectivity index (χ4v) is 3.06. The van der Waals surface area contributed by atoms with Crippen molar-refractivity contribution >= 4 is 23.8 Å². The van der Waals surface area contributed by atoms with Crippen LogP contribution in [0.2, 0.25) is 0 Å². The predicted octanol–water partition coefficient (Wildman–Crippen LogP) is 3.63. The van der Waals surface area contributed by atoms with Crippen molar-refractivity contribution in [2.45, 2.75) is 32.0 Å². The first kappa shape index (κ1) is 18.1. The Balaban J connectivity index is 1.67. The molecule has 0 bridgehead atoms. The zero-order valence-electron chi connectivity index (χ0n) is 14.5. The number of hydrogen-bond donors (Lipinski definition) is 1. The van der Waals surface area contributed by atoms with E-state index in [4.69, 9.17) is 0 Å². The summed E-state index contributed by atoms with van der Waals surface area (Å²) >= 11 is 0. The molecule has 2 atom stereocenters. The molecule has 3 heterocycles. The van der Waals surface area contributed by atoms with Crippen LogP contribution in [-0.2, 0) is 4.79 Å². The molecule has 1 amide bonds. The standard InChI is InChI=1S/C19H20F2N4O/c1-12(20)14-5-7-17(22-10-14)24-19(26)16-4-3-9-25(16)18-8-6-15(11-23-18)13(2)21/h5-8,10-11,16,18H,1,3-4,9H2,2H3,(H,22,24,26)/b15-13-. The van der Waals surface area contributed by atoms with Gasteiger partial charge in [-0.15, -0.1) is 0 Å². The Hall–Kier alpha value is -2.67.